The normalized spacial score (nSPS) is 12.5. The number of rotatable bonds is 3. The highest BCUT2D eigenvalue weighted by atomic mass is 35.5. The lowest BCUT2D eigenvalue weighted by atomic mass is 10.1. The number of hydrogen-bond acceptors (Lipinski definition) is 3. The number of hydrogen-bond donors (Lipinski definition) is 1. The van der Waals surface area contributed by atoms with E-state index < -0.39 is 11.7 Å². The quantitative estimate of drug-likeness (QED) is 0.490. The fraction of sp³-hybridized carbons (Fsp3) is 0.143. The molecule has 0 aliphatic heterocycles. The van der Waals surface area contributed by atoms with E-state index in [1.807, 2.05) is 0 Å². The topological polar surface area (TPSA) is 45.5 Å². The second-order valence-corrected chi connectivity index (χ2v) is 5.29. The Morgan fingerprint density at radius 2 is 1.77 bits per heavy atom. The Kier molecular flexibility index (Phi) is 4.93. The third kappa shape index (κ3) is 4.11. The molecule has 22 heavy (non-hydrogen) atoms. The molecule has 3 nitrogen and oxygen atoms in total. The lowest BCUT2D eigenvalue weighted by molar-refractivity contribution is -0.137. The van der Waals surface area contributed by atoms with E-state index in [1.165, 1.54) is 24.3 Å². The fourth-order valence-corrected chi connectivity index (χ4v) is 2.31. The van der Waals surface area contributed by atoms with Gasteiger partial charge in [0.05, 0.1) is 11.3 Å². The number of benzene rings is 1. The molecule has 0 atom stereocenters. The monoisotopic (exact) mass is 348 g/mol. The molecule has 0 amide bonds. The molecule has 0 aliphatic rings. The first-order chi connectivity index (χ1) is 10.3. The number of oxime groups is 1. The van der Waals surface area contributed by atoms with E-state index in [2.05, 4.69) is 10.1 Å². The molecule has 0 spiro atoms. The van der Waals surface area contributed by atoms with Crippen molar-refractivity contribution >= 4 is 28.9 Å². The number of pyridine rings is 1. The number of halogens is 5. The minimum absolute atomic E-state index is 0.0330. The Labute approximate surface area is 134 Å². The molecule has 1 aromatic heterocycles. The van der Waals surface area contributed by atoms with Gasteiger partial charge in [0.15, 0.2) is 0 Å². The van der Waals surface area contributed by atoms with Crippen LogP contribution in [0.4, 0.5) is 13.2 Å². The zero-order valence-electron chi connectivity index (χ0n) is 10.9. The van der Waals surface area contributed by atoms with Crippen LogP contribution in [0.5, 0.6) is 0 Å². The predicted octanol–water partition coefficient (Wildman–Crippen LogP) is 4.83. The Bertz CT molecular complexity index is 680. The Balaban J connectivity index is 2.24. The summed E-state index contributed by atoms with van der Waals surface area (Å²) in [5.74, 6) is 0. The van der Waals surface area contributed by atoms with Crippen LogP contribution in [0.15, 0.2) is 41.7 Å². The van der Waals surface area contributed by atoms with Crippen LogP contribution in [0.3, 0.4) is 0 Å². The first kappa shape index (κ1) is 16.6. The SMILES string of the molecule is O/N=C(/Cc1ccc(C(F)(F)F)cn1)c1cc(Cl)cc(Cl)c1. The minimum Gasteiger partial charge on any atom is -0.411 e. The van der Waals surface area contributed by atoms with Gasteiger partial charge in [-0.1, -0.05) is 28.4 Å². The Morgan fingerprint density at radius 1 is 1.14 bits per heavy atom. The molecule has 0 fully saturated rings. The summed E-state index contributed by atoms with van der Waals surface area (Å²) in [6.45, 7) is 0. The Morgan fingerprint density at radius 3 is 2.23 bits per heavy atom. The maximum atomic E-state index is 12.5. The van der Waals surface area contributed by atoms with Gasteiger partial charge in [0, 0.05) is 33.9 Å². The summed E-state index contributed by atoms with van der Waals surface area (Å²) in [6, 6.07) is 6.72. The maximum absolute atomic E-state index is 12.5. The molecular formula is C14H9Cl2F3N2O. The summed E-state index contributed by atoms with van der Waals surface area (Å²) in [4.78, 5) is 3.73. The zero-order valence-corrected chi connectivity index (χ0v) is 12.4. The molecule has 0 saturated carbocycles. The van der Waals surface area contributed by atoms with Crippen LogP contribution in [0.1, 0.15) is 16.8 Å². The van der Waals surface area contributed by atoms with Crippen molar-refractivity contribution in [2.75, 3.05) is 0 Å². The molecular weight excluding hydrogens is 340 g/mol. The highest BCUT2D eigenvalue weighted by Gasteiger charge is 2.30. The lowest BCUT2D eigenvalue weighted by Gasteiger charge is -2.08. The standard InChI is InChI=1S/C14H9Cl2F3N2O/c15-10-3-8(4-11(16)5-10)13(21-22)6-12-2-1-9(7-20-12)14(17,18)19/h1-5,7,22H,6H2/b21-13-. The van der Waals surface area contributed by atoms with E-state index in [4.69, 9.17) is 28.4 Å². The second-order valence-electron chi connectivity index (χ2n) is 4.42. The van der Waals surface area contributed by atoms with Crippen LogP contribution in [-0.2, 0) is 12.6 Å². The largest absolute Gasteiger partial charge is 0.417 e. The summed E-state index contributed by atoms with van der Waals surface area (Å²) in [5, 5.41) is 12.9. The molecule has 1 aromatic carbocycles. The van der Waals surface area contributed by atoms with Gasteiger partial charge in [0.25, 0.3) is 0 Å². The van der Waals surface area contributed by atoms with Gasteiger partial charge in [0.2, 0.25) is 0 Å². The van der Waals surface area contributed by atoms with Gasteiger partial charge in [-0.3, -0.25) is 4.98 Å². The molecule has 116 valence electrons. The van der Waals surface area contributed by atoms with Crippen LogP contribution in [0.2, 0.25) is 10.0 Å². The van der Waals surface area contributed by atoms with Crippen molar-refractivity contribution in [1.82, 2.24) is 4.98 Å². The molecule has 2 aromatic rings. The second kappa shape index (κ2) is 6.54. The summed E-state index contributed by atoms with van der Waals surface area (Å²) in [6.07, 6.45) is -3.68. The molecule has 0 saturated heterocycles. The molecule has 0 aliphatic carbocycles. The van der Waals surface area contributed by atoms with Crippen LogP contribution < -0.4 is 0 Å². The van der Waals surface area contributed by atoms with Crippen LogP contribution in [0.25, 0.3) is 0 Å². The van der Waals surface area contributed by atoms with Crippen molar-refractivity contribution < 1.29 is 18.4 Å². The van der Waals surface area contributed by atoms with Crippen molar-refractivity contribution in [2.24, 2.45) is 5.16 Å². The van der Waals surface area contributed by atoms with Gasteiger partial charge in [-0.25, -0.2) is 0 Å². The third-order valence-electron chi connectivity index (χ3n) is 2.82. The van der Waals surface area contributed by atoms with Crippen molar-refractivity contribution in [1.29, 1.82) is 0 Å². The van der Waals surface area contributed by atoms with Gasteiger partial charge >= 0.3 is 6.18 Å². The first-order valence-electron chi connectivity index (χ1n) is 5.99. The molecule has 8 heteroatoms. The number of alkyl halides is 3. The first-order valence-corrected chi connectivity index (χ1v) is 6.74. The van der Waals surface area contributed by atoms with E-state index in [-0.39, 0.29) is 12.1 Å². The highest BCUT2D eigenvalue weighted by molar-refractivity contribution is 6.35. The summed E-state index contributed by atoms with van der Waals surface area (Å²) >= 11 is 11.7. The zero-order chi connectivity index (χ0) is 16.3. The minimum atomic E-state index is -4.44. The van der Waals surface area contributed by atoms with E-state index in [0.29, 0.717) is 21.3 Å². The molecule has 0 radical (unpaired) electrons. The van der Waals surface area contributed by atoms with Crippen molar-refractivity contribution in [3.8, 4) is 0 Å². The Hall–Kier alpha value is -1.79. The maximum Gasteiger partial charge on any atom is 0.417 e. The van der Waals surface area contributed by atoms with Gasteiger partial charge in [0.1, 0.15) is 0 Å². The number of aromatic nitrogens is 1. The van der Waals surface area contributed by atoms with Crippen molar-refractivity contribution in [3.05, 3.63) is 63.4 Å². The molecule has 0 unspecified atom stereocenters. The summed E-state index contributed by atoms with van der Waals surface area (Å²) in [7, 11) is 0. The van der Waals surface area contributed by atoms with Crippen LogP contribution in [-0.4, -0.2) is 15.9 Å². The smallest absolute Gasteiger partial charge is 0.411 e. The van der Waals surface area contributed by atoms with Gasteiger partial charge < -0.3 is 5.21 Å². The molecule has 1 heterocycles. The third-order valence-corrected chi connectivity index (χ3v) is 3.25. The van der Waals surface area contributed by atoms with Crippen molar-refractivity contribution in [3.63, 3.8) is 0 Å². The molecule has 2 rings (SSSR count). The van der Waals surface area contributed by atoms with E-state index in [0.717, 1.165) is 12.3 Å². The summed E-state index contributed by atoms with van der Waals surface area (Å²) in [5.41, 5.74) is 0.125. The average molecular weight is 349 g/mol. The van der Waals surface area contributed by atoms with Gasteiger partial charge in [-0.05, 0) is 30.3 Å². The average Bonchev–Trinajstić information content (AvgIpc) is 2.43. The van der Waals surface area contributed by atoms with E-state index in [1.54, 1.807) is 0 Å². The van der Waals surface area contributed by atoms with E-state index in [9.17, 15) is 13.2 Å². The fourth-order valence-electron chi connectivity index (χ4n) is 1.78. The van der Waals surface area contributed by atoms with Gasteiger partial charge in [-0.15, -0.1) is 0 Å². The van der Waals surface area contributed by atoms with E-state index >= 15 is 0 Å². The van der Waals surface area contributed by atoms with Crippen molar-refractivity contribution in [2.45, 2.75) is 12.6 Å². The van der Waals surface area contributed by atoms with Crippen LogP contribution in [0, 0.1) is 0 Å². The molecule has 1 N–H and O–H groups in total. The number of nitrogens with zero attached hydrogens (tertiary/aromatic N) is 2. The lowest BCUT2D eigenvalue weighted by Crippen LogP contribution is -2.09. The molecule has 0 bridgehead atoms. The highest BCUT2D eigenvalue weighted by Crippen LogP contribution is 2.28. The predicted molar refractivity (Wildman–Crippen MR) is 77.7 cm³/mol. The van der Waals surface area contributed by atoms with Crippen LogP contribution >= 0.6 is 23.2 Å². The van der Waals surface area contributed by atoms with Gasteiger partial charge in [-0.2, -0.15) is 13.2 Å². The summed E-state index contributed by atoms with van der Waals surface area (Å²) < 4.78 is 37.4.